The number of rotatable bonds is 6. The average Bonchev–Trinajstić information content (AvgIpc) is 2.98. The van der Waals surface area contributed by atoms with Crippen molar-refractivity contribution in [2.75, 3.05) is 0 Å². The van der Waals surface area contributed by atoms with Crippen LogP contribution in [0, 0.1) is 5.41 Å². The summed E-state index contributed by atoms with van der Waals surface area (Å²) in [5.41, 5.74) is 1.28. The summed E-state index contributed by atoms with van der Waals surface area (Å²) in [6.45, 7) is 7.15. The summed E-state index contributed by atoms with van der Waals surface area (Å²) in [7, 11) is 0. The molecule has 0 unspecified atom stereocenters. The van der Waals surface area contributed by atoms with E-state index in [9.17, 15) is 4.79 Å². The topological polar surface area (TPSA) is 46.9 Å². The summed E-state index contributed by atoms with van der Waals surface area (Å²) < 4.78 is 1.99. The molecule has 0 aliphatic heterocycles. The number of carbonyl (C=O) groups excluding carboxylic acids is 1. The second-order valence-electron chi connectivity index (χ2n) is 6.85. The van der Waals surface area contributed by atoms with Gasteiger partial charge >= 0.3 is 0 Å². The van der Waals surface area contributed by atoms with Gasteiger partial charge in [-0.15, -0.1) is 0 Å². The van der Waals surface area contributed by atoms with Gasteiger partial charge < -0.3 is 9.88 Å². The number of nitrogens with zero attached hydrogens (tertiary/aromatic N) is 2. The van der Waals surface area contributed by atoms with Crippen LogP contribution in [0.2, 0.25) is 0 Å². The third kappa shape index (κ3) is 5.35. The van der Waals surface area contributed by atoms with Gasteiger partial charge in [-0.1, -0.05) is 51.1 Å². The van der Waals surface area contributed by atoms with Gasteiger partial charge in [0.25, 0.3) is 0 Å². The van der Waals surface area contributed by atoms with Gasteiger partial charge in [0.05, 0.1) is 12.4 Å². The number of aromatic nitrogens is 2. The summed E-state index contributed by atoms with van der Waals surface area (Å²) in [5.74, 6) is 0.101. The number of amides is 1. The van der Waals surface area contributed by atoms with Gasteiger partial charge in [0.1, 0.15) is 0 Å². The van der Waals surface area contributed by atoms with Crippen molar-refractivity contribution >= 4 is 5.91 Å². The first-order chi connectivity index (χ1) is 10.4. The van der Waals surface area contributed by atoms with Crippen molar-refractivity contribution in [1.82, 2.24) is 14.9 Å². The van der Waals surface area contributed by atoms with Crippen LogP contribution in [0.5, 0.6) is 0 Å². The molecular weight excluding hydrogens is 274 g/mol. The SMILES string of the molecule is CC(C)(C)CCC(=O)N[C@H](Cn1ccnc1)c1ccccc1. The van der Waals surface area contributed by atoms with E-state index in [-0.39, 0.29) is 17.4 Å². The molecule has 0 aliphatic rings. The van der Waals surface area contributed by atoms with E-state index >= 15 is 0 Å². The average molecular weight is 299 g/mol. The molecule has 1 aromatic heterocycles. The molecule has 0 radical (unpaired) electrons. The Morgan fingerprint density at radius 1 is 1.27 bits per heavy atom. The molecule has 2 rings (SSSR count). The van der Waals surface area contributed by atoms with E-state index in [1.165, 1.54) is 0 Å². The monoisotopic (exact) mass is 299 g/mol. The van der Waals surface area contributed by atoms with Gasteiger partial charge in [0, 0.05) is 25.4 Å². The molecule has 0 fully saturated rings. The molecule has 1 atom stereocenters. The number of carbonyl (C=O) groups is 1. The highest BCUT2D eigenvalue weighted by molar-refractivity contribution is 5.76. The lowest BCUT2D eigenvalue weighted by atomic mass is 9.90. The Hall–Kier alpha value is -2.10. The minimum absolute atomic E-state index is 0.0390. The molecule has 22 heavy (non-hydrogen) atoms. The summed E-state index contributed by atoms with van der Waals surface area (Å²) in [5, 5.41) is 3.16. The van der Waals surface area contributed by atoms with Gasteiger partial charge in [-0.3, -0.25) is 4.79 Å². The van der Waals surface area contributed by atoms with Crippen LogP contribution >= 0.6 is 0 Å². The fourth-order valence-electron chi connectivity index (χ4n) is 2.28. The highest BCUT2D eigenvalue weighted by Crippen LogP contribution is 2.21. The van der Waals surface area contributed by atoms with Crippen LogP contribution in [0.1, 0.15) is 45.2 Å². The molecule has 0 bridgehead atoms. The van der Waals surface area contributed by atoms with Crippen LogP contribution in [0.4, 0.5) is 0 Å². The van der Waals surface area contributed by atoms with Crippen molar-refractivity contribution in [2.45, 2.75) is 46.2 Å². The molecule has 0 saturated carbocycles. The maximum atomic E-state index is 12.3. The van der Waals surface area contributed by atoms with E-state index < -0.39 is 0 Å². The smallest absolute Gasteiger partial charge is 0.220 e. The quantitative estimate of drug-likeness (QED) is 0.886. The van der Waals surface area contributed by atoms with Crippen LogP contribution in [0.25, 0.3) is 0 Å². The fourth-order valence-corrected chi connectivity index (χ4v) is 2.28. The van der Waals surface area contributed by atoms with E-state index in [1.807, 2.05) is 41.1 Å². The van der Waals surface area contributed by atoms with Crippen molar-refractivity contribution in [3.05, 3.63) is 54.6 Å². The van der Waals surface area contributed by atoms with Crippen molar-refractivity contribution < 1.29 is 4.79 Å². The number of hydrogen-bond acceptors (Lipinski definition) is 2. The third-order valence-electron chi connectivity index (χ3n) is 3.59. The normalized spacial score (nSPS) is 12.9. The first kappa shape index (κ1) is 16.3. The summed E-state index contributed by atoms with van der Waals surface area (Å²) in [4.78, 5) is 16.3. The molecule has 0 aliphatic carbocycles. The Balaban J connectivity index is 2.03. The molecule has 1 heterocycles. The maximum Gasteiger partial charge on any atom is 0.220 e. The maximum absolute atomic E-state index is 12.3. The van der Waals surface area contributed by atoms with Crippen molar-refractivity contribution in [3.63, 3.8) is 0 Å². The van der Waals surface area contributed by atoms with Gasteiger partial charge in [0.15, 0.2) is 0 Å². The van der Waals surface area contributed by atoms with Crippen LogP contribution < -0.4 is 5.32 Å². The highest BCUT2D eigenvalue weighted by atomic mass is 16.1. The standard InChI is InChI=1S/C18H25N3O/c1-18(2,3)10-9-17(22)20-16(13-21-12-11-19-14-21)15-7-5-4-6-8-15/h4-8,11-12,14,16H,9-10,13H2,1-3H3,(H,20,22)/t16-/m1/s1. The first-order valence-corrected chi connectivity index (χ1v) is 7.74. The lowest BCUT2D eigenvalue weighted by molar-refractivity contribution is -0.122. The van der Waals surface area contributed by atoms with E-state index in [1.54, 1.807) is 12.5 Å². The Kier molecular flexibility index (Phi) is 5.36. The molecule has 0 saturated heterocycles. The zero-order valence-corrected chi connectivity index (χ0v) is 13.6. The van der Waals surface area contributed by atoms with Crippen molar-refractivity contribution in [2.24, 2.45) is 5.41 Å². The van der Waals surface area contributed by atoms with Crippen molar-refractivity contribution in [3.8, 4) is 0 Å². The van der Waals surface area contributed by atoms with Crippen LogP contribution in [0.3, 0.4) is 0 Å². The van der Waals surface area contributed by atoms with Crippen LogP contribution in [-0.4, -0.2) is 15.5 Å². The van der Waals surface area contributed by atoms with Crippen LogP contribution in [0.15, 0.2) is 49.1 Å². The Morgan fingerprint density at radius 2 is 2.00 bits per heavy atom. The molecule has 1 N–H and O–H groups in total. The molecule has 118 valence electrons. The van der Waals surface area contributed by atoms with E-state index in [2.05, 4.69) is 31.1 Å². The number of hydrogen-bond donors (Lipinski definition) is 1. The van der Waals surface area contributed by atoms with E-state index in [0.29, 0.717) is 13.0 Å². The van der Waals surface area contributed by atoms with E-state index in [4.69, 9.17) is 0 Å². The van der Waals surface area contributed by atoms with Crippen LogP contribution in [-0.2, 0) is 11.3 Å². The zero-order chi connectivity index (χ0) is 16.0. The first-order valence-electron chi connectivity index (χ1n) is 7.74. The number of nitrogens with one attached hydrogen (secondary N) is 1. The summed E-state index contributed by atoms with van der Waals surface area (Å²) in [6, 6.07) is 10.0. The molecule has 1 aromatic carbocycles. The van der Waals surface area contributed by atoms with Gasteiger partial charge in [-0.05, 0) is 17.4 Å². The molecule has 1 amide bonds. The second kappa shape index (κ2) is 7.25. The Labute approximate surface area is 132 Å². The Bertz CT molecular complexity index is 570. The largest absolute Gasteiger partial charge is 0.347 e. The fraction of sp³-hybridized carbons (Fsp3) is 0.444. The minimum Gasteiger partial charge on any atom is -0.347 e. The number of imidazole rings is 1. The van der Waals surface area contributed by atoms with Gasteiger partial charge in [0.2, 0.25) is 5.91 Å². The van der Waals surface area contributed by atoms with Gasteiger partial charge in [-0.2, -0.15) is 0 Å². The molecule has 4 heteroatoms. The predicted molar refractivity (Wildman–Crippen MR) is 88.2 cm³/mol. The minimum atomic E-state index is -0.0390. The molecular formula is C18H25N3O. The lowest BCUT2D eigenvalue weighted by Crippen LogP contribution is -2.31. The third-order valence-corrected chi connectivity index (χ3v) is 3.59. The summed E-state index contributed by atoms with van der Waals surface area (Å²) in [6.07, 6.45) is 6.88. The van der Waals surface area contributed by atoms with Gasteiger partial charge in [-0.25, -0.2) is 4.98 Å². The van der Waals surface area contributed by atoms with Crippen molar-refractivity contribution in [1.29, 1.82) is 0 Å². The number of benzene rings is 1. The molecule has 4 nitrogen and oxygen atoms in total. The Morgan fingerprint density at radius 3 is 2.59 bits per heavy atom. The zero-order valence-electron chi connectivity index (χ0n) is 13.6. The molecule has 0 spiro atoms. The predicted octanol–water partition coefficient (Wildman–Crippen LogP) is 3.57. The second-order valence-corrected chi connectivity index (χ2v) is 6.85. The summed E-state index contributed by atoms with van der Waals surface area (Å²) >= 11 is 0. The highest BCUT2D eigenvalue weighted by Gasteiger charge is 2.17. The molecule has 2 aromatic rings. The lowest BCUT2D eigenvalue weighted by Gasteiger charge is -2.22. The van der Waals surface area contributed by atoms with E-state index in [0.717, 1.165) is 12.0 Å².